The Morgan fingerprint density at radius 2 is 2.11 bits per heavy atom. The molecule has 0 saturated heterocycles. The van der Waals surface area contributed by atoms with E-state index in [1.54, 1.807) is 0 Å². The number of rotatable bonds is 7. The zero-order chi connectivity index (χ0) is 13.9. The van der Waals surface area contributed by atoms with Gasteiger partial charge in [0.2, 0.25) is 0 Å². The van der Waals surface area contributed by atoms with Gasteiger partial charge in [0.25, 0.3) is 0 Å². The number of hydrogen-bond donors (Lipinski definition) is 1. The fourth-order valence-electron chi connectivity index (χ4n) is 2.96. The number of aliphatic hydroxyl groups is 1. The first kappa shape index (κ1) is 14.5. The second-order valence-corrected chi connectivity index (χ2v) is 5.64. The van der Waals surface area contributed by atoms with Gasteiger partial charge >= 0.3 is 0 Å². The summed E-state index contributed by atoms with van der Waals surface area (Å²) in [7, 11) is 0. The molecule has 0 aromatic carbocycles. The van der Waals surface area contributed by atoms with Gasteiger partial charge in [-0.2, -0.15) is 5.10 Å². The molecule has 108 valence electrons. The Morgan fingerprint density at radius 3 is 2.68 bits per heavy atom. The molecule has 0 aliphatic heterocycles. The molecule has 4 nitrogen and oxygen atoms in total. The Balaban J connectivity index is 1.90. The van der Waals surface area contributed by atoms with Crippen LogP contribution in [-0.4, -0.2) is 33.2 Å². The van der Waals surface area contributed by atoms with Gasteiger partial charge in [-0.25, -0.2) is 0 Å². The fraction of sp³-hybridized carbons (Fsp3) is 0.800. The third-order valence-electron chi connectivity index (χ3n) is 4.11. The lowest BCUT2D eigenvalue weighted by molar-refractivity contribution is -0.136. The predicted octanol–water partition coefficient (Wildman–Crippen LogP) is 2.72. The summed E-state index contributed by atoms with van der Waals surface area (Å²) < 4.78 is 7.54. The van der Waals surface area contributed by atoms with Gasteiger partial charge in [0.1, 0.15) is 0 Å². The number of nitrogens with zero attached hydrogens (tertiary/aromatic N) is 2. The molecular weight excluding hydrogens is 240 g/mol. The molecule has 0 atom stereocenters. The summed E-state index contributed by atoms with van der Waals surface area (Å²) in [6.45, 7) is 7.09. The van der Waals surface area contributed by atoms with Gasteiger partial charge in [0, 0.05) is 32.1 Å². The monoisotopic (exact) mass is 266 g/mol. The van der Waals surface area contributed by atoms with Gasteiger partial charge in [0.15, 0.2) is 0 Å². The van der Waals surface area contributed by atoms with Crippen molar-refractivity contribution < 1.29 is 9.84 Å². The van der Waals surface area contributed by atoms with Crippen LogP contribution in [0.5, 0.6) is 0 Å². The van der Waals surface area contributed by atoms with Gasteiger partial charge in [-0.1, -0.05) is 13.8 Å². The molecule has 1 heterocycles. The zero-order valence-electron chi connectivity index (χ0n) is 12.3. The lowest BCUT2D eigenvalue weighted by atomic mass is 9.74. The molecule has 4 heteroatoms. The average Bonchev–Trinajstić information content (AvgIpc) is 2.77. The van der Waals surface area contributed by atoms with E-state index in [1.165, 1.54) is 0 Å². The van der Waals surface area contributed by atoms with Crippen molar-refractivity contribution in [1.82, 2.24) is 9.78 Å². The Hall–Kier alpha value is -0.870. The van der Waals surface area contributed by atoms with E-state index < -0.39 is 5.60 Å². The Bertz CT molecular complexity index is 393. The van der Waals surface area contributed by atoms with Crippen molar-refractivity contribution in [2.45, 2.75) is 70.6 Å². The standard InChI is InChI=1S/C15H26N2O2/c1-4-13(5-2)17-8-7-12(16-17)9-15(18)10-14(11-15)19-6-3/h7-8,13-14,18H,4-6,9-11H2,1-3H3. The zero-order valence-corrected chi connectivity index (χ0v) is 12.3. The lowest BCUT2D eigenvalue weighted by Gasteiger charge is -2.42. The van der Waals surface area contributed by atoms with Crippen molar-refractivity contribution >= 4 is 0 Å². The molecule has 0 bridgehead atoms. The predicted molar refractivity (Wildman–Crippen MR) is 75.1 cm³/mol. The summed E-state index contributed by atoms with van der Waals surface area (Å²) in [4.78, 5) is 0. The van der Waals surface area contributed by atoms with Gasteiger partial charge in [-0.3, -0.25) is 4.68 Å². The molecule has 0 spiro atoms. The lowest BCUT2D eigenvalue weighted by Crippen LogP contribution is -2.50. The highest BCUT2D eigenvalue weighted by Crippen LogP contribution is 2.37. The van der Waals surface area contributed by atoms with Gasteiger partial charge in [0.05, 0.1) is 23.4 Å². The second kappa shape index (κ2) is 6.06. The van der Waals surface area contributed by atoms with Crippen LogP contribution in [-0.2, 0) is 11.2 Å². The molecule has 0 amide bonds. The summed E-state index contributed by atoms with van der Waals surface area (Å²) in [6.07, 6.45) is 6.56. The smallest absolute Gasteiger partial charge is 0.0753 e. The Labute approximate surface area is 115 Å². The molecular formula is C15H26N2O2. The van der Waals surface area contributed by atoms with Crippen LogP contribution in [0.2, 0.25) is 0 Å². The maximum atomic E-state index is 10.4. The van der Waals surface area contributed by atoms with Crippen LogP contribution in [0.15, 0.2) is 12.3 Å². The molecule has 1 fully saturated rings. The summed E-state index contributed by atoms with van der Waals surface area (Å²) in [5.74, 6) is 0. The minimum absolute atomic E-state index is 0.233. The van der Waals surface area contributed by atoms with Crippen molar-refractivity contribution in [3.63, 3.8) is 0 Å². The minimum Gasteiger partial charge on any atom is -0.389 e. The van der Waals surface area contributed by atoms with E-state index in [0.717, 1.165) is 38.0 Å². The first-order chi connectivity index (χ1) is 9.10. The van der Waals surface area contributed by atoms with Crippen molar-refractivity contribution in [1.29, 1.82) is 0 Å². The largest absolute Gasteiger partial charge is 0.389 e. The van der Waals surface area contributed by atoms with Crippen LogP contribution in [0, 0.1) is 0 Å². The molecule has 19 heavy (non-hydrogen) atoms. The molecule has 1 N–H and O–H groups in total. The van der Waals surface area contributed by atoms with E-state index in [9.17, 15) is 5.11 Å². The second-order valence-electron chi connectivity index (χ2n) is 5.64. The number of aromatic nitrogens is 2. The van der Waals surface area contributed by atoms with Gasteiger partial charge in [-0.15, -0.1) is 0 Å². The van der Waals surface area contributed by atoms with Crippen LogP contribution in [0.1, 0.15) is 58.2 Å². The van der Waals surface area contributed by atoms with Crippen molar-refractivity contribution in [3.05, 3.63) is 18.0 Å². The summed E-state index contributed by atoms with van der Waals surface area (Å²) in [5.41, 5.74) is 0.386. The van der Waals surface area contributed by atoms with Crippen molar-refractivity contribution in [2.75, 3.05) is 6.61 Å². The molecule has 0 unspecified atom stereocenters. The summed E-state index contributed by atoms with van der Waals surface area (Å²) in [6, 6.07) is 2.51. The quantitative estimate of drug-likeness (QED) is 0.825. The normalized spacial score (nSPS) is 26.7. The van der Waals surface area contributed by atoms with Crippen molar-refractivity contribution in [2.24, 2.45) is 0 Å². The summed E-state index contributed by atoms with van der Waals surface area (Å²) >= 11 is 0. The SMILES string of the molecule is CCOC1CC(O)(Cc2ccn(C(CC)CC)n2)C1. The average molecular weight is 266 g/mol. The van der Waals surface area contributed by atoms with Crippen molar-refractivity contribution in [3.8, 4) is 0 Å². The van der Waals surface area contributed by atoms with Gasteiger partial charge < -0.3 is 9.84 Å². The van der Waals surface area contributed by atoms with Crippen LogP contribution < -0.4 is 0 Å². The minimum atomic E-state index is -0.604. The van der Waals surface area contributed by atoms with Crippen LogP contribution in [0.3, 0.4) is 0 Å². The topological polar surface area (TPSA) is 47.3 Å². The molecule has 1 aromatic heterocycles. The number of hydrogen-bond acceptors (Lipinski definition) is 3. The van der Waals surface area contributed by atoms with E-state index in [2.05, 4.69) is 18.9 Å². The van der Waals surface area contributed by atoms with E-state index in [1.807, 2.05) is 23.9 Å². The van der Waals surface area contributed by atoms with Crippen LogP contribution in [0.4, 0.5) is 0 Å². The van der Waals surface area contributed by atoms with E-state index in [0.29, 0.717) is 12.5 Å². The van der Waals surface area contributed by atoms with Crippen LogP contribution in [0.25, 0.3) is 0 Å². The molecule has 0 radical (unpaired) electrons. The third-order valence-corrected chi connectivity index (χ3v) is 4.11. The third kappa shape index (κ3) is 3.37. The molecule has 1 saturated carbocycles. The first-order valence-electron chi connectivity index (χ1n) is 7.48. The molecule has 1 aromatic rings. The highest BCUT2D eigenvalue weighted by Gasteiger charge is 2.43. The maximum absolute atomic E-state index is 10.4. The molecule has 1 aliphatic rings. The van der Waals surface area contributed by atoms with E-state index >= 15 is 0 Å². The first-order valence-corrected chi connectivity index (χ1v) is 7.48. The maximum Gasteiger partial charge on any atom is 0.0753 e. The number of ether oxygens (including phenoxy) is 1. The Morgan fingerprint density at radius 1 is 1.42 bits per heavy atom. The summed E-state index contributed by atoms with van der Waals surface area (Å²) in [5, 5.41) is 15.0. The molecule has 2 rings (SSSR count). The Kier molecular flexibility index (Phi) is 4.63. The highest BCUT2D eigenvalue weighted by atomic mass is 16.5. The highest BCUT2D eigenvalue weighted by molar-refractivity contribution is 5.09. The van der Waals surface area contributed by atoms with E-state index in [4.69, 9.17) is 4.74 Å². The molecule has 1 aliphatic carbocycles. The van der Waals surface area contributed by atoms with Crippen LogP contribution >= 0.6 is 0 Å². The fourth-order valence-corrected chi connectivity index (χ4v) is 2.96. The van der Waals surface area contributed by atoms with E-state index in [-0.39, 0.29) is 6.10 Å². The van der Waals surface area contributed by atoms with Gasteiger partial charge in [-0.05, 0) is 25.8 Å².